The Morgan fingerprint density at radius 1 is 1.50 bits per heavy atom. The van der Waals surface area contributed by atoms with E-state index in [1.165, 1.54) is 11.0 Å². The van der Waals surface area contributed by atoms with Gasteiger partial charge in [-0.05, 0) is 30.1 Å². The van der Waals surface area contributed by atoms with Crippen molar-refractivity contribution in [2.75, 3.05) is 16.8 Å². The Bertz CT molecular complexity index is 772. The van der Waals surface area contributed by atoms with Crippen molar-refractivity contribution < 1.29 is 9.18 Å². The summed E-state index contributed by atoms with van der Waals surface area (Å²) in [5, 5.41) is 12.6. The summed E-state index contributed by atoms with van der Waals surface area (Å²) in [6, 6.07) is 7.58. The summed E-state index contributed by atoms with van der Waals surface area (Å²) >= 11 is 6.83. The summed E-state index contributed by atoms with van der Waals surface area (Å²) in [6.07, 6.45) is 0.507. The second kappa shape index (κ2) is 5.91. The molecule has 1 amide bonds. The van der Waals surface area contributed by atoms with E-state index in [0.717, 1.165) is 11.5 Å². The number of anilines is 2. The molecular formula is C14H10ClFN4OS. The lowest BCUT2D eigenvalue weighted by Crippen LogP contribution is -2.33. The average molecular weight is 337 g/mol. The van der Waals surface area contributed by atoms with Crippen LogP contribution in [-0.4, -0.2) is 22.9 Å². The summed E-state index contributed by atoms with van der Waals surface area (Å²) in [7, 11) is 0. The maximum absolute atomic E-state index is 13.8. The Morgan fingerprint density at radius 2 is 2.27 bits per heavy atom. The first kappa shape index (κ1) is 14.8. The Labute approximate surface area is 135 Å². The molecule has 112 valence electrons. The van der Waals surface area contributed by atoms with Crippen LogP contribution >= 0.6 is 23.1 Å². The highest BCUT2D eigenvalue weighted by molar-refractivity contribution is 7.10. The lowest BCUT2D eigenvalue weighted by Gasteiger charge is -2.17. The molecule has 1 saturated heterocycles. The second-order valence-electron chi connectivity index (χ2n) is 4.72. The molecule has 8 heteroatoms. The minimum Gasteiger partial charge on any atom is -0.363 e. The predicted molar refractivity (Wildman–Crippen MR) is 82.6 cm³/mol. The monoisotopic (exact) mass is 336 g/mol. The van der Waals surface area contributed by atoms with E-state index in [-0.39, 0.29) is 22.3 Å². The lowest BCUT2D eigenvalue weighted by atomic mass is 10.2. The zero-order valence-corrected chi connectivity index (χ0v) is 12.8. The van der Waals surface area contributed by atoms with Gasteiger partial charge in [0, 0.05) is 6.54 Å². The van der Waals surface area contributed by atoms with Gasteiger partial charge in [0.05, 0.1) is 5.69 Å². The summed E-state index contributed by atoms with van der Waals surface area (Å²) < 4.78 is 17.7. The van der Waals surface area contributed by atoms with Gasteiger partial charge in [0.25, 0.3) is 0 Å². The standard InChI is InChI=1S/C14H10ClFN4OS/c15-12-8(7-17)13(22-19-12)18-10-5-6-20(14(10)21)11-4-2-1-3-9(11)16/h1-4,10,18H,5-6H2/t10-/m1/s1. The highest BCUT2D eigenvalue weighted by atomic mass is 35.5. The van der Waals surface area contributed by atoms with Gasteiger partial charge in [-0.25, -0.2) is 4.39 Å². The number of para-hydroxylation sites is 1. The van der Waals surface area contributed by atoms with Gasteiger partial charge >= 0.3 is 0 Å². The van der Waals surface area contributed by atoms with E-state index in [4.69, 9.17) is 16.9 Å². The normalized spacial score (nSPS) is 17.6. The maximum Gasteiger partial charge on any atom is 0.249 e. The summed E-state index contributed by atoms with van der Waals surface area (Å²) in [6.45, 7) is 0.409. The zero-order chi connectivity index (χ0) is 15.7. The van der Waals surface area contributed by atoms with Crippen LogP contribution in [0.4, 0.5) is 15.1 Å². The Morgan fingerprint density at radius 3 is 3.00 bits per heavy atom. The summed E-state index contributed by atoms with van der Waals surface area (Å²) in [5.41, 5.74) is 0.489. The van der Waals surface area contributed by atoms with Crippen LogP contribution in [0.15, 0.2) is 24.3 Å². The van der Waals surface area contributed by atoms with Crippen molar-refractivity contribution in [2.24, 2.45) is 0 Å². The largest absolute Gasteiger partial charge is 0.363 e. The van der Waals surface area contributed by atoms with Gasteiger partial charge < -0.3 is 10.2 Å². The van der Waals surface area contributed by atoms with Gasteiger partial charge in [-0.15, -0.1) is 0 Å². The lowest BCUT2D eigenvalue weighted by molar-refractivity contribution is -0.117. The topological polar surface area (TPSA) is 69.0 Å². The quantitative estimate of drug-likeness (QED) is 0.935. The number of rotatable bonds is 3. The van der Waals surface area contributed by atoms with E-state index < -0.39 is 11.9 Å². The average Bonchev–Trinajstić information content (AvgIpc) is 3.04. The number of nitriles is 1. The Hall–Kier alpha value is -2.17. The number of amides is 1. The van der Waals surface area contributed by atoms with Crippen LogP contribution in [-0.2, 0) is 4.79 Å². The molecule has 3 rings (SSSR count). The van der Waals surface area contributed by atoms with Crippen LogP contribution in [0, 0.1) is 17.1 Å². The maximum atomic E-state index is 13.8. The number of nitrogens with zero attached hydrogens (tertiary/aromatic N) is 3. The molecule has 0 saturated carbocycles. The minimum atomic E-state index is -0.525. The van der Waals surface area contributed by atoms with Crippen molar-refractivity contribution in [1.29, 1.82) is 5.26 Å². The van der Waals surface area contributed by atoms with E-state index in [2.05, 4.69) is 9.69 Å². The molecule has 0 bridgehead atoms. The van der Waals surface area contributed by atoms with Crippen molar-refractivity contribution in [2.45, 2.75) is 12.5 Å². The third kappa shape index (κ3) is 2.51. The van der Waals surface area contributed by atoms with Crippen molar-refractivity contribution in [3.63, 3.8) is 0 Å². The minimum absolute atomic E-state index is 0.117. The first-order chi connectivity index (χ1) is 10.6. The van der Waals surface area contributed by atoms with Gasteiger partial charge in [-0.1, -0.05) is 23.7 Å². The molecule has 1 aromatic carbocycles. The van der Waals surface area contributed by atoms with Crippen molar-refractivity contribution in [3.05, 3.63) is 40.8 Å². The molecule has 0 radical (unpaired) electrons. The smallest absolute Gasteiger partial charge is 0.249 e. The molecule has 1 aromatic heterocycles. The van der Waals surface area contributed by atoms with E-state index >= 15 is 0 Å². The number of carbonyl (C=O) groups excluding carboxylic acids is 1. The van der Waals surface area contributed by atoms with E-state index in [0.29, 0.717) is 18.0 Å². The fourth-order valence-electron chi connectivity index (χ4n) is 2.35. The van der Waals surface area contributed by atoms with E-state index in [1.54, 1.807) is 18.2 Å². The molecule has 2 aromatic rings. The fraction of sp³-hybridized carbons (Fsp3) is 0.214. The molecular weight excluding hydrogens is 327 g/mol. The highest BCUT2D eigenvalue weighted by Gasteiger charge is 2.34. The van der Waals surface area contributed by atoms with Crippen LogP contribution in [0.25, 0.3) is 0 Å². The zero-order valence-electron chi connectivity index (χ0n) is 11.2. The van der Waals surface area contributed by atoms with Gasteiger partial charge in [-0.2, -0.15) is 9.64 Å². The number of nitrogens with one attached hydrogen (secondary N) is 1. The Kier molecular flexibility index (Phi) is 3.96. The van der Waals surface area contributed by atoms with Crippen molar-refractivity contribution in [1.82, 2.24) is 4.37 Å². The third-order valence-electron chi connectivity index (χ3n) is 3.42. The van der Waals surface area contributed by atoms with Crippen LogP contribution < -0.4 is 10.2 Å². The first-order valence-electron chi connectivity index (χ1n) is 6.49. The molecule has 1 fully saturated rings. The van der Waals surface area contributed by atoms with Gasteiger partial charge in [0.15, 0.2) is 5.15 Å². The SMILES string of the molecule is N#Cc1c(Cl)nsc1N[C@@H]1CCN(c2ccccc2F)C1=O. The third-order valence-corrected chi connectivity index (χ3v) is 4.57. The number of halogens is 2. The molecule has 1 aliphatic rings. The number of hydrogen-bond donors (Lipinski definition) is 1. The van der Waals surface area contributed by atoms with Crippen molar-refractivity contribution in [3.8, 4) is 6.07 Å². The second-order valence-corrected chi connectivity index (χ2v) is 5.85. The molecule has 0 spiro atoms. The summed E-state index contributed by atoms with van der Waals surface area (Å²) in [5.74, 6) is -0.673. The molecule has 5 nitrogen and oxygen atoms in total. The predicted octanol–water partition coefficient (Wildman–Crippen LogP) is 3.02. The van der Waals surface area contributed by atoms with Gasteiger partial charge in [0.1, 0.15) is 28.5 Å². The Balaban J connectivity index is 1.80. The number of benzene rings is 1. The molecule has 22 heavy (non-hydrogen) atoms. The van der Waals surface area contributed by atoms with Crippen LogP contribution in [0.1, 0.15) is 12.0 Å². The van der Waals surface area contributed by atoms with Crippen LogP contribution in [0.3, 0.4) is 0 Å². The van der Waals surface area contributed by atoms with E-state index in [9.17, 15) is 9.18 Å². The molecule has 1 N–H and O–H groups in total. The van der Waals surface area contributed by atoms with Crippen molar-refractivity contribution >= 4 is 39.7 Å². The van der Waals surface area contributed by atoms with Gasteiger partial charge in [0.2, 0.25) is 5.91 Å². The first-order valence-corrected chi connectivity index (χ1v) is 7.64. The number of hydrogen-bond acceptors (Lipinski definition) is 5. The summed E-state index contributed by atoms with van der Waals surface area (Å²) in [4.78, 5) is 13.8. The van der Waals surface area contributed by atoms with Crippen LogP contribution in [0.2, 0.25) is 5.15 Å². The molecule has 1 atom stereocenters. The highest BCUT2D eigenvalue weighted by Crippen LogP contribution is 2.31. The molecule has 0 aliphatic carbocycles. The number of aromatic nitrogens is 1. The number of carbonyl (C=O) groups is 1. The van der Waals surface area contributed by atoms with Gasteiger partial charge in [-0.3, -0.25) is 4.79 Å². The molecule has 2 heterocycles. The fourth-order valence-corrected chi connectivity index (χ4v) is 3.34. The van der Waals surface area contributed by atoms with Crippen LogP contribution in [0.5, 0.6) is 0 Å². The molecule has 1 aliphatic heterocycles. The molecule has 0 unspecified atom stereocenters. The van der Waals surface area contributed by atoms with E-state index in [1.807, 2.05) is 6.07 Å².